The van der Waals surface area contributed by atoms with Crippen LogP contribution in [0.2, 0.25) is 0 Å². The Labute approximate surface area is 98.8 Å². The summed E-state index contributed by atoms with van der Waals surface area (Å²) in [5, 5.41) is 9.29. The summed E-state index contributed by atoms with van der Waals surface area (Å²) in [6.07, 6.45) is 2.05. The van der Waals surface area contributed by atoms with Gasteiger partial charge in [-0.25, -0.2) is 0 Å². The zero-order valence-electron chi connectivity index (χ0n) is 9.47. The summed E-state index contributed by atoms with van der Waals surface area (Å²) in [7, 11) is 0. The molecule has 2 aromatic rings. The van der Waals surface area contributed by atoms with E-state index in [2.05, 4.69) is 4.98 Å². The van der Waals surface area contributed by atoms with E-state index >= 15 is 0 Å². The second-order valence-corrected chi connectivity index (χ2v) is 4.40. The first kappa shape index (κ1) is 10.4. The van der Waals surface area contributed by atoms with Crippen LogP contribution < -0.4 is 10.6 Å². The van der Waals surface area contributed by atoms with E-state index in [9.17, 15) is 5.11 Å². The van der Waals surface area contributed by atoms with Gasteiger partial charge in [-0.1, -0.05) is 0 Å². The smallest absolute Gasteiger partial charge is 0.298 e. The third-order valence-electron chi connectivity index (χ3n) is 3.23. The fraction of sp³-hybridized carbons (Fsp3) is 0.417. The Morgan fingerprint density at radius 1 is 1.53 bits per heavy atom. The molecule has 90 valence electrons. The second kappa shape index (κ2) is 3.92. The molecule has 0 amide bonds. The summed E-state index contributed by atoms with van der Waals surface area (Å²) in [5.41, 5.74) is 7.87. The number of aliphatic hydroxyl groups excluding tert-OH is 1. The van der Waals surface area contributed by atoms with Gasteiger partial charge in [0.25, 0.3) is 6.01 Å². The van der Waals surface area contributed by atoms with Crippen LogP contribution >= 0.6 is 0 Å². The van der Waals surface area contributed by atoms with E-state index in [0.717, 1.165) is 24.9 Å². The van der Waals surface area contributed by atoms with Crippen LogP contribution in [0, 0.1) is 0 Å². The molecule has 1 aliphatic rings. The Hall–Kier alpha value is -1.75. The molecule has 0 bridgehead atoms. The molecule has 1 fully saturated rings. The SMILES string of the molecule is Nc1ccc2nc(N3CCCC3CO)oc2c1. The third-order valence-corrected chi connectivity index (χ3v) is 3.23. The molecule has 0 aliphatic carbocycles. The molecule has 1 aliphatic heterocycles. The third kappa shape index (κ3) is 1.72. The van der Waals surface area contributed by atoms with Crippen molar-refractivity contribution >= 4 is 22.8 Å². The van der Waals surface area contributed by atoms with E-state index in [1.807, 2.05) is 17.0 Å². The largest absolute Gasteiger partial charge is 0.423 e. The van der Waals surface area contributed by atoms with Crippen molar-refractivity contribution in [3.63, 3.8) is 0 Å². The van der Waals surface area contributed by atoms with Gasteiger partial charge in [-0.05, 0) is 25.0 Å². The van der Waals surface area contributed by atoms with Crippen LogP contribution in [-0.4, -0.2) is 29.3 Å². The lowest BCUT2D eigenvalue weighted by Crippen LogP contribution is -2.32. The summed E-state index contributed by atoms with van der Waals surface area (Å²) in [4.78, 5) is 6.45. The van der Waals surface area contributed by atoms with E-state index in [0.29, 0.717) is 17.3 Å². The minimum absolute atomic E-state index is 0.125. The summed E-state index contributed by atoms with van der Waals surface area (Å²) >= 11 is 0. The van der Waals surface area contributed by atoms with Crippen LogP contribution in [0.4, 0.5) is 11.7 Å². The van der Waals surface area contributed by atoms with E-state index in [4.69, 9.17) is 10.2 Å². The molecule has 17 heavy (non-hydrogen) atoms. The number of benzene rings is 1. The molecule has 3 rings (SSSR count). The number of anilines is 2. The van der Waals surface area contributed by atoms with Gasteiger partial charge in [0.1, 0.15) is 5.52 Å². The van der Waals surface area contributed by atoms with Gasteiger partial charge in [-0.15, -0.1) is 0 Å². The Morgan fingerprint density at radius 2 is 2.41 bits per heavy atom. The number of rotatable bonds is 2. The number of oxazole rings is 1. The maximum Gasteiger partial charge on any atom is 0.298 e. The molecule has 1 atom stereocenters. The monoisotopic (exact) mass is 233 g/mol. The van der Waals surface area contributed by atoms with E-state index in [-0.39, 0.29) is 12.6 Å². The van der Waals surface area contributed by atoms with Crippen molar-refractivity contribution in [1.82, 2.24) is 4.98 Å². The maximum atomic E-state index is 9.29. The van der Waals surface area contributed by atoms with Gasteiger partial charge in [0.05, 0.1) is 12.6 Å². The van der Waals surface area contributed by atoms with E-state index in [1.54, 1.807) is 6.07 Å². The summed E-state index contributed by atoms with van der Waals surface area (Å²) in [5.74, 6) is 0. The van der Waals surface area contributed by atoms with Gasteiger partial charge in [0.2, 0.25) is 0 Å². The van der Waals surface area contributed by atoms with Gasteiger partial charge in [-0.2, -0.15) is 4.98 Å². The topological polar surface area (TPSA) is 75.5 Å². The quantitative estimate of drug-likeness (QED) is 0.766. The van der Waals surface area contributed by atoms with Crippen LogP contribution in [0.5, 0.6) is 0 Å². The van der Waals surface area contributed by atoms with Gasteiger partial charge in [0.15, 0.2) is 5.58 Å². The predicted octanol–water partition coefficient (Wildman–Crippen LogP) is 1.37. The summed E-state index contributed by atoms with van der Waals surface area (Å²) < 4.78 is 5.69. The van der Waals surface area contributed by atoms with Crippen LogP contribution in [-0.2, 0) is 0 Å². The molecule has 3 N–H and O–H groups in total. The highest BCUT2D eigenvalue weighted by molar-refractivity contribution is 5.78. The van der Waals surface area contributed by atoms with Crippen molar-refractivity contribution in [2.24, 2.45) is 0 Å². The number of nitrogens with two attached hydrogens (primary N) is 1. The lowest BCUT2D eigenvalue weighted by molar-refractivity contribution is 0.263. The number of nitrogens with zero attached hydrogens (tertiary/aromatic N) is 2. The Bertz CT molecular complexity index is 538. The molecule has 1 unspecified atom stereocenters. The lowest BCUT2D eigenvalue weighted by atomic mass is 10.2. The lowest BCUT2D eigenvalue weighted by Gasteiger charge is -2.20. The molecule has 5 heteroatoms. The minimum atomic E-state index is 0.125. The molecule has 0 saturated carbocycles. The number of hydrogen-bond donors (Lipinski definition) is 2. The van der Waals surface area contributed by atoms with Crippen molar-refractivity contribution in [2.75, 3.05) is 23.8 Å². The van der Waals surface area contributed by atoms with Crippen LogP contribution in [0.3, 0.4) is 0 Å². The highest BCUT2D eigenvalue weighted by Gasteiger charge is 2.27. The Balaban J connectivity index is 2.00. The molecule has 2 heterocycles. The highest BCUT2D eigenvalue weighted by atomic mass is 16.4. The zero-order chi connectivity index (χ0) is 11.8. The minimum Gasteiger partial charge on any atom is -0.423 e. The van der Waals surface area contributed by atoms with Crippen LogP contribution in [0.25, 0.3) is 11.1 Å². The first-order valence-electron chi connectivity index (χ1n) is 5.81. The Morgan fingerprint density at radius 3 is 3.24 bits per heavy atom. The fourth-order valence-electron chi connectivity index (χ4n) is 2.33. The second-order valence-electron chi connectivity index (χ2n) is 4.40. The maximum absolute atomic E-state index is 9.29. The molecular weight excluding hydrogens is 218 g/mol. The molecule has 0 radical (unpaired) electrons. The van der Waals surface area contributed by atoms with Crippen molar-refractivity contribution in [3.05, 3.63) is 18.2 Å². The fourth-order valence-corrected chi connectivity index (χ4v) is 2.33. The van der Waals surface area contributed by atoms with Crippen molar-refractivity contribution in [1.29, 1.82) is 0 Å². The average molecular weight is 233 g/mol. The van der Waals surface area contributed by atoms with E-state index < -0.39 is 0 Å². The molecule has 1 aromatic carbocycles. The highest BCUT2D eigenvalue weighted by Crippen LogP contribution is 2.28. The van der Waals surface area contributed by atoms with Gasteiger partial charge in [0, 0.05) is 18.3 Å². The van der Waals surface area contributed by atoms with Crippen molar-refractivity contribution in [3.8, 4) is 0 Å². The summed E-state index contributed by atoms with van der Waals surface area (Å²) in [6.45, 7) is 1.02. The van der Waals surface area contributed by atoms with Crippen molar-refractivity contribution in [2.45, 2.75) is 18.9 Å². The predicted molar refractivity (Wildman–Crippen MR) is 65.9 cm³/mol. The average Bonchev–Trinajstić information content (AvgIpc) is 2.93. The standard InChI is InChI=1S/C12H15N3O2/c13-8-3-4-10-11(6-8)17-12(14-10)15-5-1-2-9(15)7-16/h3-4,6,9,16H,1-2,5,7,13H2. The van der Waals surface area contributed by atoms with Crippen molar-refractivity contribution < 1.29 is 9.52 Å². The molecular formula is C12H15N3O2. The molecule has 1 saturated heterocycles. The first-order chi connectivity index (χ1) is 8.28. The van der Waals surface area contributed by atoms with Gasteiger partial charge < -0.3 is 20.2 Å². The van der Waals surface area contributed by atoms with E-state index in [1.165, 1.54) is 0 Å². The number of aromatic nitrogens is 1. The van der Waals surface area contributed by atoms with Crippen LogP contribution in [0.15, 0.2) is 22.6 Å². The van der Waals surface area contributed by atoms with Gasteiger partial charge >= 0.3 is 0 Å². The number of nitrogen functional groups attached to an aromatic ring is 1. The first-order valence-corrected chi connectivity index (χ1v) is 5.81. The van der Waals surface area contributed by atoms with Crippen LogP contribution in [0.1, 0.15) is 12.8 Å². The molecule has 1 aromatic heterocycles. The molecule has 0 spiro atoms. The normalized spacial score (nSPS) is 20.3. The molecule has 5 nitrogen and oxygen atoms in total. The number of aliphatic hydroxyl groups is 1. The zero-order valence-corrected chi connectivity index (χ0v) is 9.47. The number of fused-ring (bicyclic) bond motifs is 1. The van der Waals surface area contributed by atoms with Gasteiger partial charge in [-0.3, -0.25) is 0 Å². The number of hydrogen-bond acceptors (Lipinski definition) is 5. The summed E-state index contributed by atoms with van der Waals surface area (Å²) in [6, 6.07) is 6.14. The Kier molecular flexibility index (Phi) is 2.40.